The van der Waals surface area contributed by atoms with Crippen molar-refractivity contribution < 1.29 is 23.0 Å². The fourth-order valence-electron chi connectivity index (χ4n) is 1.70. The third-order valence-corrected chi connectivity index (χ3v) is 2.29. The van der Waals surface area contributed by atoms with Crippen LogP contribution in [0.4, 0.5) is 13.2 Å². The standard InChI is InChI=1S/C8H13F3O2/c9-8(10,11)13-7-3-1-2-6(4-7)5-12/h6-7,12H,1-5H2. The summed E-state index contributed by atoms with van der Waals surface area (Å²) in [6, 6.07) is 0. The van der Waals surface area contributed by atoms with Gasteiger partial charge in [0.2, 0.25) is 0 Å². The van der Waals surface area contributed by atoms with Gasteiger partial charge in [-0.3, -0.25) is 4.74 Å². The number of ether oxygens (including phenoxy) is 1. The van der Waals surface area contributed by atoms with Crippen LogP contribution in [-0.4, -0.2) is 24.2 Å². The largest absolute Gasteiger partial charge is 0.522 e. The van der Waals surface area contributed by atoms with Gasteiger partial charge in [-0.2, -0.15) is 0 Å². The molecule has 0 heterocycles. The molecule has 2 atom stereocenters. The van der Waals surface area contributed by atoms with Gasteiger partial charge in [-0.05, 0) is 25.2 Å². The molecule has 2 nitrogen and oxygen atoms in total. The van der Waals surface area contributed by atoms with Crippen molar-refractivity contribution >= 4 is 0 Å². The van der Waals surface area contributed by atoms with Gasteiger partial charge in [0.1, 0.15) is 0 Å². The van der Waals surface area contributed by atoms with Crippen molar-refractivity contribution in [3.63, 3.8) is 0 Å². The Balaban J connectivity index is 2.34. The van der Waals surface area contributed by atoms with E-state index in [0.717, 1.165) is 6.42 Å². The first kappa shape index (κ1) is 10.8. The molecule has 2 unspecified atom stereocenters. The second-order valence-electron chi connectivity index (χ2n) is 3.40. The normalized spacial score (nSPS) is 30.5. The Hall–Kier alpha value is -0.290. The summed E-state index contributed by atoms with van der Waals surface area (Å²) in [5, 5.41) is 8.77. The summed E-state index contributed by atoms with van der Waals surface area (Å²) in [7, 11) is 0. The molecule has 0 aliphatic heterocycles. The van der Waals surface area contributed by atoms with E-state index >= 15 is 0 Å². The van der Waals surface area contributed by atoms with Crippen LogP contribution < -0.4 is 0 Å². The van der Waals surface area contributed by atoms with Crippen molar-refractivity contribution in [1.82, 2.24) is 0 Å². The number of halogens is 3. The van der Waals surface area contributed by atoms with Crippen LogP contribution >= 0.6 is 0 Å². The maximum atomic E-state index is 11.8. The lowest BCUT2D eigenvalue weighted by molar-refractivity contribution is -0.346. The Morgan fingerprint density at radius 3 is 2.54 bits per heavy atom. The maximum absolute atomic E-state index is 11.8. The summed E-state index contributed by atoms with van der Waals surface area (Å²) >= 11 is 0. The average Bonchev–Trinajstić information content (AvgIpc) is 2.01. The number of hydrogen-bond donors (Lipinski definition) is 1. The molecule has 0 amide bonds. The molecule has 78 valence electrons. The fourth-order valence-corrected chi connectivity index (χ4v) is 1.70. The fraction of sp³-hybridized carbons (Fsp3) is 1.00. The van der Waals surface area contributed by atoms with E-state index in [1.807, 2.05) is 0 Å². The van der Waals surface area contributed by atoms with Crippen LogP contribution in [0.3, 0.4) is 0 Å². The minimum absolute atomic E-state index is 0.0268. The molecule has 0 aromatic rings. The van der Waals surface area contributed by atoms with Crippen molar-refractivity contribution in [1.29, 1.82) is 0 Å². The molecule has 0 bridgehead atoms. The highest BCUT2D eigenvalue weighted by atomic mass is 19.4. The van der Waals surface area contributed by atoms with Crippen LogP contribution in [0, 0.1) is 5.92 Å². The minimum atomic E-state index is -4.54. The third kappa shape index (κ3) is 3.95. The number of alkyl halides is 3. The van der Waals surface area contributed by atoms with E-state index in [4.69, 9.17) is 5.11 Å². The van der Waals surface area contributed by atoms with Gasteiger partial charge in [0.25, 0.3) is 0 Å². The predicted octanol–water partition coefficient (Wildman–Crippen LogP) is 2.07. The molecule has 1 aliphatic rings. The number of aliphatic hydroxyl groups is 1. The molecule has 0 saturated heterocycles. The Morgan fingerprint density at radius 1 is 1.31 bits per heavy atom. The minimum Gasteiger partial charge on any atom is -0.396 e. The number of rotatable bonds is 2. The van der Waals surface area contributed by atoms with Crippen LogP contribution in [0.15, 0.2) is 0 Å². The highest BCUT2D eigenvalue weighted by Gasteiger charge is 2.35. The van der Waals surface area contributed by atoms with E-state index in [9.17, 15) is 13.2 Å². The van der Waals surface area contributed by atoms with Gasteiger partial charge in [-0.25, -0.2) is 0 Å². The predicted molar refractivity (Wildman–Crippen MR) is 40.0 cm³/mol. The summed E-state index contributed by atoms with van der Waals surface area (Å²) in [4.78, 5) is 0. The number of aliphatic hydroxyl groups excluding tert-OH is 1. The van der Waals surface area contributed by atoms with E-state index in [0.29, 0.717) is 19.3 Å². The lowest BCUT2D eigenvalue weighted by Gasteiger charge is -2.28. The maximum Gasteiger partial charge on any atom is 0.522 e. The van der Waals surface area contributed by atoms with E-state index < -0.39 is 12.5 Å². The van der Waals surface area contributed by atoms with Crippen molar-refractivity contribution in [2.45, 2.75) is 38.1 Å². The second kappa shape index (κ2) is 4.28. The zero-order valence-corrected chi connectivity index (χ0v) is 7.18. The van der Waals surface area contributed by atoms with E-state index in [-0.39, 0.29) is 12.5 Å². The van der Waals surface area contributed by atoms with Crippen LogP contribution in [0.25, 0.3) is 0 Å². The van der Waals surface area contributed by atoms with Gasteiger partial charge in [-0.1, -0.05) is 6.42 Å². The van der Waals surface area contributed by atoms with Gasteiger partial charge in [-0.15, -0.1) is 13.2 Å². The van der Waals surface area contributed by atoms with Crippen LogP contribution in [0.5, 0.6) is 0 Å². The summed E-state index contributed by atoms with van der Waals surface area (Å²) in [6.45, 7) is -0.0439. The van der Waals surface area contributed by atoms with Gasteiger partial charge in [0.05, 0.1) is 6.10 Å². The molecule has 0 spiro atoms. The zero-order valence-electron chi connectivity index (χ0n) is 7.18. The summed E-state index contributed by atoms with van der Waals surface area (Å²) in [6.07, 6.45) is -3.04. The molecular formula is C8H13F3O2. The van der Waals surface area contributed by atoms with Crippen molar-refractivity contribution in [3.05, 3.63) is 0 Å². The molecule has 1 rings (SSSR count). The first-order valence-electron chi connectivity index (χ1n) is 4.36. The van der Waals surface area contributed by atoms with Crippen molar-refractivity contribution in [2.24, 2.45) is 5.92 Å². The third-order valence-electron chi connectivity index (χ3n) is 2.29. The Kier molecular flexibility index (Phi) is 3.55. The molecule has 1 N–H and O–H groups in total. The quantitative estimate of drug-likeness (QED) is 0.736. The molecule has 0 radical (unpaired) electrons. The Morgan fingerprint density at radius 2 is 2.00 bits per heavy atom. The van der Waals surface area contributed by atoms with Gasteiger partial charge in [0, 0.05) is 6.61 Å². The summed E-state index contributed by atoms with van der Waals surface area (Å²) in [5.41, 5.74) is 0. The van der Waals surface area contributed by atoms with Crippen LogP contribution in [0.1, 0.15) is 25.7 Å². The average molecular weight is 198 g/mol. The smallest absolute Gasteiger partial charge is 0.396 e. The molecular weight excluding hydrogens is 185 g/mol. The summed E-state index contributed by atoms with van der Waals surface area (Å²) in [5.74, 6) is -0.0268. The molecule has 1 fully saturated rings. The molecule has 5 heteroatoms. The molecule has 0 aromatic carbocycles. The lowest BCUT2D eigenvalue weighted by Crippen LogP contribution is -2.30. The van der Waals surface area contributed by atoms with Crippen LogP contribution in [-0.2, 0) is 4.74 Å². The Bertz CT molecular complexity index is 158. The Labute approximate surface area is 74.7 Å². The zero-order chi connectivity index (χ0) is 9.90. The second-order valence-corrected chi connectivity index (χ2v) is 3.40. The lowest BCUT2D eigenvalue weighted by atomic mass is 9.88. The van der Waals surface area contributed by atoms with Crippen molar-refractivity contribution in [2.75, 3.05) is 6.61 Å². The van der Waals surface area contributed by atoms with E-state index in [1.54, 1.807) is 0 Å². The van der Waals surface area contributed by atoms with Gasteiger partial charge >= 0.3 is 6.36 Å². The van der Waals surface area contributed by atoms with E-state index in [1.165, 1.54) is 0 Å². The van der Waals surface area contributed by atoms with Gasteiger partial charge in [0.15, 0.2) is 0 Å². The van der Waals surface area contributed by atoms with Crippen molar-refractivity contribution in [3.8, 4) is 0 Å². The highest BCUT2D eigenvalue weighted by molar-refractivity contribution is 4.73. The van der Waals surface area contributed by atoms with E-state index in [2.05, 4.69) is 4.74 Å². The molecule has 1 saturated carbocycles. The molecule has 1 aliphatic carbocycles. The van der Waals surface area contributed by atoms with Crippen LogP contribution in [0.2, 0.25) is 0 Å². The molecule has 13 heavy (non-hydrogen) atoms. The molecule has 0 aromatic heterocycles. The SMILES string of the molecule is OCC1CCCC(OC(F)(F)F)C1. The topological polar surface area (TPSA) is 29.5 Å². The first-order chi connectivity index (χ1) is 6.01. The first-order valence-corrected chi connectivity index (χ1v) is 4.36. The monoisotopic (exact) mass is 198 g/mol. The summed E-state index contributed by atoms with van der Waals surface area (Å²) < 4.78 is 39.3. The van der Waals surface area contributed by atoms with Gasteiger partial charge < -0.3 is 5.11 Å². The number of hydrogen-bond acceptors (Lipinski definition) is 2. The highest BCUT2D eigenvalue weighted by Crippen LogP contribution is 2.30.